The lowest BCUT2D eigenvalue weighted by molar-refractivity contribution is 0.406. The van der Waals surface area contributed by atoms with E-state index in [-0.39, 0.29) is 0 Å². The summed E-state index contributed by atoms with van der Waals surface area (Å²) in [5, 5.41) is 7.81. The van der Waals surface area contributed by atoms with Crippen molar-refractivity contribution in [3.05, 3.63) is 47.3 Å². The van der Waals surface area contributed by atoms with E-state index in [0.717, 1.165) is 18.7 Å². The molecule has 2 aromatic rings. The Morgan fingerprint density at radius 2 is 2.05 bits per heavy atom. The molecule has 1 aromatic heterocycles. The van der Waals surface area contributed by atoms with E-state index in [9.17, 15) is 0 Å². The van der Waals surface area contributed by atoms with E-state index in [0.29, 0.717) is 6.04 Å². The zero-order valence-electron chi connectivity index (χ0n) is 12.7. The Kier molecular flexibility index (Phi) is 4.79. The van der Waals surface area contributed by atoms with Gasteiger partial charge < -0.3 is 10.1 Å². The van der Waals surface area contributed by atoms with Crippen LogP contribution in [0.2, 0.25) is 0 Å². The van der Waals surface area contributed by atoms with Crippen LogP contribution in [-0.4, -0.2) is 22.9 Å². The number of benzene rings is 1. The molecule has 1 unspecified atom stereocenters. The predicted molar refractivity (Wildman–Crippen MR) is 80.9 cm³/mol. The number of aromatic nitrogens is 2. The summed E-state index contributed by atoms with van der Waals surface area (Å²) in [6.45, 7) is 5.13. The topological polar surface area (TPSA) is 39.1 Å². The van der Waals surface area contributed by atoms with Gasteiger partial charge in [-0.2, -0.15) is 5.10 Å². The van der Waals surface area contributed by atoms with Crippen molar-refractivity contribution in [1.29, 1.82) is 0 Å². The molecule has 0 saturated carbocycles. The summed E-state index contributed by atoms with van der Waals surface area (Å²) in [5.74, 6) is 0.957. The third-order valence-corrected chi connectivity index (χ3v) is 3.70. The number of ether oxygens (including phenoxy) is 1. The number of rotatable bonds is 6. The number of aryl methyl sites for hydroxylation is 1. The maximum atomic E-state index is 5.39. The highest BCUT2D eigenvalue weighted by atomic mass is 16.5. The minimum atomic E-state index is 0.380. The maximum absolute atomic E-state index is 5.39. The molecule has 20 heavy (non-hydrogen) atoms. The first-order chi connectivity index (χ1) is 9.61. The Balaban J connectivity index is 1.92. The number of hydrogen-bond acceptors (Lipinski definition) is 3. The van der Waals surface area contributed by atoms with Crippen LogP contribution in [0.1, 0.15) is 23.7 Å². The lowest BCUT2D eigenvalue weighted by Gasteiger charge is -2.15. The number of nitrogens with one attached hydrogen (secondary N) is 1. The highest BCUT2D eigenvalue weighted by Gasteiger charge is 2.09. The molecule has 1 aromatic carbocycles. The molecule has 1 N–H and O–H groups in total. The molecule has 0 fully saturated rings. The molecule has 0 bridgehead atoms. The van der Waals surface area contributed by atoms with Crippen LogP contribution in [-0.2, 0) is 20.0 Å². The fraction of sp³-hybridized carbons (Fsp3) is 0.438. The van der Waals surface area contributed by atoms with Crippen LogP contribution in [0.25, 0.3) is 0 Å². The summed E-state index contributed by atoms with van der Waals surface area (Å²) in [6, 6.07) is 8.56. The summed E-state index contributed by atoms with van der Waals surface area (Å²) in [7, 11) is 3.69. The SMILES string of the molecule is COc1ccccc1CC(C)NCc1cnn(C)c1C. The van der Waals surface area contributed by atoms with Gasteiger partial charge >= 0.3 is 0 Å². The first-order valence-corrected chi connectivity index (χ1v) is 6.94. The maximum Gasteiger partial charge on any atom is 0.122 e. The van der Waals surface area contributed by atoms with Gasteiger partial charge in [-0.3, -0.25) is 4.68 Å². The van der Waals surface area contributed by atoms with Gasteiger partial charge in [-0.25, -0.2) is 0 Å². The molecule has 0 aliphatic heterocycles. The molecule has 0 saturated heterocycles. The summed E-state index contributed by atoms with van der Waals surface area (Å²) in [6.07, 6.45) is 2.88. The minimum Gasteiger partial charge on any atom is -0.496 e. The zero-order valence-corrected chi connectivity index (χ0v) is 12.7. The van der Waals surface area contributed by atoms with Gasteiger partial charge in [0.05, 0.1) is 13.3 Å². The van der Waals surface area contributed by atoms with E-state index in [1.165, 1.54) is 16.8 Å². The Bertz CT molecular complexity index is 563. The molecular weight excluding hydrogens is 250 g/mol. The third-order valence-electron chi connectivity index (χ3n) is 3.70. The van der Waals surface area contributed by atoms with Gasteiger partial charge in [0.15, 0.2) is 0 Å². The average molecular weight is 273 g/mol. The van der Waals surface area contributed by atoms with E-state index < -0.39 is 0 Å². The van der Waals surface area contributed by atoms with Gasteiger partial charge in [0.2, 0.25) is 0 Å². The van der Waals surface area contributed by atoms with E-state index in [1.807, 2.05) is 30.1 Å². The first-order valence-electron chi connectivity index (χ1n) is 6.94. The second-order valence-electron chi connectivity index (χ2n) is 5.18. The Morgan fingerprint density at radius 1 is 1.30 bits per heavy atom. The molecule has 0 aliphatic rings. The molecule has 0 radical (unpaired) electrons. The summed E-state index contributed by atoms with van der Waals surface area (Å²) < 4.78 is 7.29. The fourth-order valence-electron chi connectivity index (χ4n) is 2.28. The molecular formula is C16H23N3O. The molecule has 0 amide bonds. The van der Waals surface area contributed by atoms with Crippen molar-refractivity contribution in [2.75, 3.05) is 7.11 Å². The first kappa shape index (κ1) is 14.6. The second kappa shape index (κ2) is 6.57. The molecule has 0 spiro atoms. The largest absolute Gasteiger partial charge is 0.496 e. The Hall–Kier alpha value is -1.81. The van der Waals surface area contributed by atoms with E-state index >= 15 is 0 Å². The normalized spacial score (nSPS) is 12.4. The number of nitrogens with zero attached hydrogens (tertiary/aromatic N) is 2. The third kappa shape index (κ3) is 3.39. The van der Waals surface area contributed by atoms with Crippen molar-refractivity contribution >= 4 is 0 Å². The van der Waals surface area contributed by atoms with Gasteiger partial charge in [-0.1, -0.05) is 18.2 Å². The van der Waals surface area contributed by atoms with Crippen LogP contribution < -0.4 is 10.1 Å². The average Bonchev–Trinajstić information content (AvgIpc) is 2.77. The molecule has 1 heterocycles. The number of methoxy groups -OCH3 is 1. The quantitative estimate of drug-likeness (QED) is 0.878. The summed E-state index contributed by atoms with van der Waals surface area (Å²) >= 11 is 0. The molecule has 0 aliphatic carbocycles. The van der Waals surface area contributed by atoms with Crippen LogP contribution in [0.15, 0.2) is 30.5 Å². The van der Waals surface area contributed by atoms with Crippen molar-refractivity contribution in [2.24, 2.45) is 7.05 Å². The monoisotopic (exact) mass is 273 g/mol. The molecule has 1 atom stereocenters. The number of hydrogen-bond donors (Lipinski definition) is 1. The van der Waals surface area contributed by atoms with Crippen molar-refractivity contribution in [3.8, 4) is 5.75 Å². The Labute approximate surface area is 120 Å². The molecule has 2 rings (SSSR count). The highest BCUT2D eigenvalue weighted by molar-refractivity contribution is 5.33. The summed E-state index contributed by atoms with van der Waals surface area (Å²) in [4.78, 5) is 0. The standard InChI is InChI=1S/C16H23N3O/c1-12(9-14-7-5-6-8-16(14)20-4)17-10-15-11-18-19(3)13(15)2/h5-8,11-12,17H,9-10H2,1-4H3. The predicted octanol–water partition coefficient (Wildman–Crippen LogP) is 2.46. The van der Waals surface area contributed by atoms with Gasteiger partial charge in [-0.15, -0.1) is 0 Å². The smallest absolute Gasteiger partial charge is 0.122 e. The van der Waals surface area contributed by atoms with Gasteiger partial charge in [0.25, 0.3) is 0 Å². The van der Waals surface area contributed by atoms with Gasteiger partial charge in [-0.05, 0) is 31.9 Å². The fourth-order valence-corrected chi connectivity index (χ4v) is 2.28. The van der Waals surface area contributed by atoms with E-state index in [2.05, 4.69) is 36.4 Å². The van der Waals surface area contributed by atoms with Crippen LogP contribution >= 0.6 is 0 Å². The molecule has 4 nitrogen and oxygen atoms in total. The van der Waals surface area contributed by atoms with Gasteiger partial charge in [0, 0.05) is 30.9 Å². The van der Waals surface area contributed by atoms with Crippen LogP contribution in [0, 0.1) is 6.92 Å². The Morgan fingerprint density at radius 3 is 2.70 bits per heavy atom. The van der Waals surface area contributed by atoms with Crippen LogP contribution in [0.3, 0.4) is 0 Å². The van der Waals surface area contributed by atoms with Crippen LogP contribution in [0.5, 0.6) is 5.75 Å². The molecule has 108 valence electrons. The van der Waals surface area contributed by atoms with Gasteiger partial charge in [0.1, 0.15) is 5.75 Å². The zero-order chi connectivity index (χ0) is 14.5. The van der Waals surface area contributed by atoms with Crippen molar-refractivity contribution in [3.63, 3.8) is 0 Å². The summed E-state index contributed by atoms with van der Waals surface area (Å²) in [5.41, 5.74) is 3.69. The molecule has 4 heteroatoms. The lowest BCUT2D eigenvalue weighted by atomic mass is 10.1. The second-order valence-corrected chi connectivity index (χ2v) is 5.18. The highest BCUT2D eigenvalue weighted by Crippen LogP contribution is 2.19. The minimum absolute atomic E-state index is 0.380. The number of para-hydroxylation sites is 1. The lowest BCUT2D eigenvalue weighted by Crippen LogP contribution is -2.27. The van der Waals surface area contributed by atoms with E-state index in [4.69, 9.17) is 4.74 Å². The van der Waals surface area contributed by atoms with Crippen molar-refractivity contribution in [2.45, 2.75) is 32.9 Å². The van der Waals surface area contributed by atoms with E-state index in [1.54, 1.807) is 7.11 Å². The van der Waals surface area contributed by atoms with Crippen molar-refractivity contribution in [1.82, 2.24) is 15.1 Å². The van der Waals surface area contributed by atoms with Crippen molar-refractivity contribution < 1.29 is 4.74 Å². The van der Waals surface area contributed by atoms with Crippen LogP contribution in [0.4, 0.5) is 0 Å².